The Bertz CT molecular complexity index is 632. The number of hydrogen-bond acceptors (Lipinski definition) is 4. The Morgan fingerprint density at radius 1 is 1.62 bits per heavy atom. The van der Waals surface area contributed by atoms with Gasteiger partial charge in [0, 0.05) is 6.54 Å². The highest BCUT2D eigenvalue weighted by Gasteiger charge is 2.12. The standard InChI is InChI=1S/C14H17ClN4O2/c1-3-4-7-19-13(15)11(10(2)18-19)9-16-17-14(20)12-6-5-8-21-12/h5-6,8-9H,3-4,7H2,1-2H3,(H,17,20)/b16-9+. The number of hydrogen-bond donors (Lipinski definition) is 1. The Labute approximate surface area is 127 Å². The van der Waals surface area contributed by atoms with Gasteiger partial charge in [-0.15, -0.1) is 0 Å². The van der Waals surface area contributed by atoms with Crippen LogP contribution in [0.3, 0.4) is 0 Å². The van der Waals surface area contributed by atoms with Crippen molar-refractivity contribution in [3.63, 3.8) is 0 Å². The van der Waals surface area contributed by atoms with Gasteiger partial charge in [-0.05, 0) is 25.5 Å². The summed E-state index contributed by atoms with van der Waals surface area (Å²) in [6.45, 7) is 4.73. The maximum Gasteiger partial charge on any atom is 0.307 e. The molecule has 112 valence electrons. The number of aromatic nitrogens is 2. The quantitative estimate of drug-likeness (QED) is 0.658. The van der Waals surface area contributed by atoms with E-state index in [1.54, 1.807) is 16.8 Å². The predicted octanol–water partition coefficient (Wildman–Crippen LogP) is 3.00. The van der Waals surface area contributed by atoms with Crippen LogP contribution >= 0.6 is 11.6 Å². The van der Waals surface area contributed by atoms with Gasteiger partial charge in [-0.25, -0.2) is 5.43 Å². The second kappa shape index (κ2) is 7.08. The van der Waals surface area contributed by atoms with Crippen molar-refractivity contribution in [2.45, 2.75) is 33.2 Å². The summed E-state index contributed by atoms with van der Waals surface area (Å²) in [4.78, 5) is 11.6. The maximum atomic E-state index is 11.6. The molecular weight excluding hydrogens is 292 g/mol. The van der Waals surface area contributed by atoms with Crippen molar-refractivity contribution in [1.82, 2.24) is 15.2 Å². The summed E-state index contributed by atoms with van der Waals surface area (Å²) < 4.78 is 6.71. The van der Waals surface area contributed by atoms with Crippen LogP contribution in [0.2, 0.25) is 5.15 Å². The molecule has 0 saturated carbocycles. The van der Waals surface area contributed by atoms with E-state index >= 15 is 0 Å². The molecule has 1 N–H and O–H groups in total. The molecule has 0 fully saturated rings. The van der Waals surface area contributed by atoms with Crippen LogP contribution in [0.1, 0.15) is 41.6 Å². The molecule has 0 radical (unpaired) electrons. The summed E-state index contributed by atoms with van der Waals surface area (Å²) in [5.74, 6) is -0.211. The molecule has 2 heterocycles. The van der Waals surface area contributed by atoms with E-state index in [4.69, 9.17) is 16.0 Å². The van der Waals surface area contributed by atoms with Gasteiger partial charge in [0.15, 0.2) is 5.76 Å². The molecule has 6 nitrogen and oxygen atoms in total. The Kier molecular flexibility index (Phi) is 5.16. The van der Waals surface area contributed by atoms with Gasteiger partial charge < -0.3 is 4.42 Å². The molecule has 0 aliphatic heterocycles. The topological polar surface area (TPSA) is 72.4 Å². The van der Waals surface area contributed by atoms with E-state index in [0.717, 1.165) is 25.1 Å². The zero-order valence-corrected chi connectivity index (χ0v) is 12.7. The fraction of sp³-hybridized carbons (Fsp3) is 0.357. The minimum atomic E-state index is -0.414. The molecule has 0 aromatic carbocycles. The summed E-state index contributed by atoms with van der Waals surface area (Å²) in [5.41, 5.74) is 3.85. The molecule has 7 heteroatoms. The zero-order chi connectivity index (χ0) is 15.2. The van der Waals surface area contributed by atoms with Crippen LogP contribution in [-0.4, -0.2) is 21.9 Å². The van der Waals surface area contributed by atoms with Crippen LogP contribution in [0.25, 0.3) is 0 Å². The Morgan fingerprint density at radius 3 is 3.10 bits per heavy atom. The summed E-state index contributed by atoms with van der Waals surface area (Å²) in [7, 11) is 0. The van der Waals surface area contributed by atoms with Gasteiger partial charge in [-0.3, -0.25) is 9.48 Å². The molecule has 0 spiro atoms. The summed E-state index contributed by atoms with van der Waals surface area (Å²) in [5, 5.41) is 8.77. The number of nitrogens with one attached hydrogen (secondary N) is 1. The molecular formula is C14H17ClN4O2. The van der Waals surface area contributed by atoms with E-state index < -0.39 is 5.91 Å². The first-order valence-corrected chi connectivity index (χ1v) is 7.11. The average Bonchev–Trinajstić information content (AvgIpc) is 3.08. The number of furan rings is 1. The number of amides is 1. The molecule has 0 aliphatic rings. The minimum absolute atomic E-state index is 0.202. The lowest BCUT2D eigenvalue weighted by Crippen LogP contribution is -2.16. The van der Waals surface area contributed by atoms with E-state index in [-0.39, 0.29) is 5.76 Å². The highest BCUT2D eigenvalue weighted by molar-refractivity contribution is 6.32. The lowest BCUT2D eigenvalue weighted by molar-refractivity contribution is 0.0927. The van der Waals surface area contributed by atoms with Gasteiger partial charge in [0.25, 0.3) is 0 Å². The van der Waals surface area contributed by atoms with Crippen molar-refractivity contribution in [2.75, 3.05) is 0 Å². The van der Waals surface area contributed by atoms with Crippen molar-refractivity contribution in [3.05, 3.63) is 40.6 Å². The molecule has 2 rings (SSSR count). The SMILES string of the molecule is CCCCn1nc(C)c(/C=N/NC(=O)c2ccco2)c1Cl. The highest BCUT2D eigenvalue weighted by Crippen LogP contribution is 2.18. The van der Waals surface area contributed by atoms with Gasteiger partial charge in [-0.2, -0.15) is 10.2 Å². The average molecular weight is 309 g/mol. The molecule has 0 unspecified atom stereocenters. The smallest absolute Gasteiger partial charge is 0.307 e. The normalized spacial score (nSPS) is 11.2. The van der Waals surface area contributed by atoms with E-state index in [1.807, 2.05) is 6.92 Å². The Morgan fingerprint density at radius 2 is 2.43 bits per heavy atom. The van der Waals surface area contributed by atoms with Gasteiger partial charge in [-0.1, -0.05) is 24.9 Å². The summed E-state index contributed by atoms with van der Waals surface area (Å²) >= 11 is 6.26. The van der Waals surface area contributed by atoms with E-state index in [2.05, 4.69) is 22.5 Å². The van der Waals surface area contributed by atoms with Crippen molar-refractivity contribution >= 4 is 23.7 Å². The van der Waals surface area contributed by atoms with Crippen LogP contribution in [0, 0.1) is 6.92 Å². The van der Waals surface area contributed by atoms with E-state index in [0.29, 0.717) is 10.7 Å². The minimum Gasteiger partial charge on any atom is -0.459 e. The number of carbonyl (C=O) groups is 1. The molecule has 21 heavy (non-hydrogen) atoms. The fourth-order valence-corrected chi connectivity index (χ4v) is 2.10. The molecule has 0 atom stereocenters. The fourth-order valence-electron chi connectivity index (χ4n) is 1.79. The maximum absolute atomic E-state index is 11.6. The third-order valence-electron chi connectivity index (χ3n) is 2.94. The number of hydrazone groups is 1. The first kappa shape index (κ1) is 15.3. The summed E-state index contributed by atoms with van der Waals surface area (Å²) in [6, 6.07) is 3.20. The second-order valence-corrected chi connectivity index (χ2v) is 4.90. The number of halogens is 1. The van der Waals surface area contributed by atoms with Gasteiger partial charge in [0.1, 0.15) is 5.15 Å². The largest absolute Gasteiger partial charge is 0.459 e. The van der Waals surface area contributed by atoms with Crippen LogP contribution in [0.4, 0.5) is 0 Å². The molecule has 0 saturated heterocycles. The van der Waals surface area contributed by atoms with Gasteiger partial charge in [0.2, 0.25) is 0 Å². The van der Waals surface area contributed by atoms with Crippen LogP contribution in [0.5, 0.6) is 0 Å². The second-order valence-electron chi connectivity index (χ2n) is 4.54. The number of aryl methyl sites for hydroxylation is 2. The van der Waals surface area contributed by atoms with Crippen LogP contribution in [0.15, 0.2) is 27.9 Å². The molecule has 2 aromatic rings. The van der Waals surface area contributed by atoms with Crippen molar-refractivity contribution in [2.24, 2.45) is 5.10 Å². The zero-order valence-electron chi connectivity index (χ0n) is 12.0. The van der Waals surface area contributed by atoms with Crippen molar-refractivity contribution in [3.8, 4) is 0 Å². The molecule has 1 amide bonds. The molecule has 2 aromatic heterocycles. The predicted molar refractivity (Wildman–Crippen MR) is 80.7 cm³/mol. The van der Waals surface area contributed by atoms with E-state index in [1.165, 1.54) is 12.5 Å². The first-order valence-electron chi connectivity index (χ1n) is 6.73. The number of rotatable bonds is 6. The lowest BCUT2D eigenvalue weighted by atomic mass is 10.3. The summed E-state index contributed by atoms with van der Waals surface area (Å²) in [6.07, 6.45) is 5.00. The molecule has 0 bridgehead atoms. The lowest BCUT2D eigenvalue weighted by Gasteiger charge is -2.00. The number of carbonyl (C=O) groups excluding carboxylic acids is 1. The third kappa shape index (κ3) is 3.72. The number of nitrogens with zero attached hydrogens (tertiary/aromatic N) is 3. The monoisotopic (exact) mass is 308 g/mol. The Hall–Kier alpha value is -2.08. The van der Waals surface area contributed by atoms with Gasteiger partial charge >= 0.3 is 5.91 Å². The van der Waals surface area contributed by atoms with Crippen LogP contribution < -0.4 is 5.43 Å². The number of unbranched alkanes of at least 4 members (excludes halogenated alkanes) is 1. The van der Waals surface area contributed by atoms with Crippen molar-refractivity contribution < 1.29 is 9.21 Å². The van der Waals surface area contributed by atoms with Gasteiger partial charge in [0.05, 0.1) is 23.7 Å². The van der Waals surface area contributed by atoms with E-state index in [9.17, 15) is 4.79 Å². The highest BCUT2D eigenvalue weighted by atomic mass is 35.5. The van der Waals surface area contributed by atoms with Crippen LogP contribution in [-0.2, 0) is 6.54 Å². The molecule has 0 aliphatic carbocycles. The first-order chi connectivity index (χ1) is 10.1. The van der Waals surface area contributed by atoms with Crippen molar-refractivity contribution in [1.29, 1.82) is 0 Å². The Balaban J connectivity index is 2.03. The third-order valence-corrected chi connectivity index (χ3v) is 3.34.